The second-order valence-electron chi connectivity index (χ2n) is 6.26. The van der Waals surface area contributed by atoms with Gasteiger partial charge in [0, 0.05) is 23.7 Å². The predicted molar refractivity (Wildman–Crippen MR) is 98.1 cm³/mol. The average Bonchev–Trinajstić information content (AvgIpc) is 3.07. The van der Waals surface area contributed by atoms with Crippen molar-refractivity contribution in [2.45, 2.75) is 28.0 Å². The fraction of sp³-hybridized carbons (Fsp3) is 0.412. The van der Waals surface area contributed by atoms with E-state index in [9.17, 15) is 4.79 Å². The second-order valence-corrected chi connectivity index (χ2v) is 9.10. The van der Waals surface area contributed by atoms with Gasteiger partial charge in [0.1, 0.15) is 5.15 Å². The van der Waals surface area contributed by atoms with Crippen molar-refractivity contribution in [2.24, 2.45) is 5.92 Å². The Kier molecular flexibility index (Phi) is 4.81. The van der Waals surface area contributed by atoms with Crippen LogP contribution in [0.3, 0.4) is 0 Å². The molecule has 3 aliphatic rings. The minimum absolute atomic E-state index is 0.0554. The minimum Gasteiger partial charge on any atom is -0.347 e. The van der Waals surface area contributed by atoms with Gasteiger partial charge >= 0.3 is 0 Å². The summed E-state index contributed by atoms with van der Waals surface area (Å²) >= 11 is 8.93. The van der Waals surface area contributed by atoms with Gasteiger partial charge in [0.25, 0.3) is 5.91 Å². The highest BCUT2D eigenvalue weighted by molar-refractivity contribution is 8.01. The summed E-state index contributed by atoms with van der Waals surface area (Å²) in [4.78, 5) is 20.9. The Bertz CT molecular complexity index is 726. The van der Waals surface area contributed by atoms with E-state index in [1.165, 1.54) is 37.3 Å². The van der Waals surface area contributed by atoms with Gasteiger partial charge < -0.3 is 10.2 Å². The molecule has 0 radical (unpaired) electrons. The Morgan fingerprint density at radius 1 is 1.29 bits per heavy atom. The molecule has 5 rings (SSSR count). The summed E-state index contributed by atoms with van der Waals surface area (Å²) in [6.45, 7) is 3.37. The highest BCUT2D eigenvalue weighted by Gasteiger charge is 2.35. The summed E-state index contributed by atoms with van der Waals surface area (Å²) in [5.74, 6) is 0.702. The number of nitrogens with zero attached hydrogens (tertiary/aromatic N) is 2. The van der Waals surface area contributed by atoms with E-state index in [1.54, 1.807) is 24.0 Å². The van der Waals surface area contributed by atoms with Crippen LogP contribution in [0, 0.1) is 5.92 Å². The maximum Gasteiger partial charge on any atom is 0.261 e. The first-order chi connectivity index (χ1) is 11.7. The van der Waals surface area contributed by atoms with Crippen molar-refractivity contribution >= 4 is 40.6 Å². The summed E-state index contributed by atoms with van der Waals surface area (Å²) in [5, 5.41) is 3.73. The first-order valence-corrected chi connectivity index (χ1v) is 10.1. The van der Waals surface area contributed by atoms with Crippen molar-refractivity contribution < 1.29 is 4.79 Å². The van der Waals surface area contributed by atoms with Crippen LogP contribution in [0.5, 0.6) is 0 Å². The number of nitrogens with one attached hydrogen (secondary N) is 1. The number of pyridine rings is 1. The molecule has 3 fully saturated rings. The maximum atomic E-state index is 12.5. The van der Waals surface area contributed by atoms with E-state index in [1.807, 2.05) is 18.2 Å². The largest absolute Gasteiger partial charge is 0.347 e. The quantitative estimate of drug-likeness (QED) is 0.821. The van der Waals surface area contributed by atoms with Gasteiger partial charge in [-0.15, -0.1) is 11.3 Å². The molecule has 3 saturated heterocycles. The van der Waals surface area contributed by atoms with Crippen LogP contribution < -0.4 is 5.32 Å². The molecule has 3 aliphatic heterocycles. The van der Waals surface area contributed by atoms with E-state index in [2.05, 4.69) is 15.2 Å². The zero-order valence-corrected chi connectivity index (χ0v) is 15.5. The monoisotopic (exact) mass is 379 g/mol. The van der Waals surface area contributed by atoms with Gasteiger partial charge in [-0.25, -0.2) is 4.98 Å². The van der Waals surface area contributed by atoms with Crippen LogP contribution in [0.4, 0.5) is 0 Å². The number of hydrogen-bond donors (Lipinski definition) is 1. The van der Waals surface area contributed by atoms with Gasteiger partial charge in [-0.3, -0.25) is 4.79 Å². The number of thiophene rings is 1. The molecule has 0 aliphatic carbocycles. The summed E-state index contributed by atoms with van der Waals surface area (Å²) < 4.78 is 1.08. The average molecular weight is 380 g/mol. The minimum atomic E-state index is 0.0554. The number of halogens is 1. The van der Waals surface area contributed by atoms with Gasteiger partial charge in [0.15, 0.2) is 0 Å². The normalized spacial score (nSPS) is 25.6. The fourth-order valence-corrected chi connectivity index (χ4v) is 5.49. The van der Waals surface area contributed by atoms with E-state index >= 15 is 0 Å². The molecule has 1 N–H and O–H groups in total. The molecule has 2 bridgehead atoms. The molecule has 4 nitrogen and oxygen atoms in total. The molecular formula is C17H18ClN3OS2. The molecule has 24 heavy (non-hydrogen) atoms. The number of amides is 1. The Morgan fingerprint density at radius 2 is 2.12 bits per heavy atom. The van der Waals surface area contributed by atoms with Crippen LogP contribution in [0.25, 0.3) is 0 Å². The van der Waals surface area contributed by atoms with Crippen molar-refractivity contribution in [3.05, 3.63) is 40.5 Å². The summed E-state index contributed by atoms with van der Waals surface area (Å²) in [6.07, 6.45) is 4.17. The topological polar surface area (TPSA) is 45.2 Å². The molecule has 1 atom stereocenters. The first-order valence-electron chi connectivity index (χ1n) is 8.10. The lowest BCUT2D eigenvalue weighted by Gasteiger charge is -2.44. The van der Waals surface area contributed by atoms with Crippen molar-refractivity contribution in [2.75, 3.05) is 19.6 Å². The van der Waals surface area contributed by atoms with Gasteiger partial charge in [-0.2, -0.15) is 0 Å². The molecule has 2 aromatic rings. The number of fused-ring (bicyclic) bond motifs is 3. The Hall–Kier alpha value is -1.08. The molecule has 0 saturated carbocycles. The van der Waals surface area contributed by atoms with E-state index in [0.29, 0.717) is 17.1 Å². The predicted octanol–water partition coefficient (Wildman–Crippen LogP) is 3.77. The van der Waals surface area contributed by atoms with Crippen LogP contribution >= 0.6 is 34.7 Å². The van der Waals surface area contributed by atoms with Gasteiger partial charge in [-0.05, 0) is 56.1 Å². The molecule has 7 heteroatoms. The molecule has 0 aromatic carbocycles. The van der Waals surface area contributed by atoms with E-state index < -0.39 is 0 Å². The first kappa shape index (κ1) is 16.4. The number of rotatable bonds is 4. The third-order valence-corrected chi connectivity index (χ3v) is 7.11. The molecule has 126 valence electrons. The molecule has 1 amide bonds. The number of aromatic nitrogens is 1. The van der Waals surface area contributed by atoms with Crippen LogP contribution in [0.2, 0.25) is 5.15 Å². The van der Waals surface area contributed by atoms with Crippen molar-refractivity contribution in [3.63, 3.8) is 0 Å². The molecular weight excluding hydrogens is 362 g/mol. The SMILES string of the molecule is O=C(N[C@H]1CN2CCC1CC2)c1ccc(Sc2ccc(Cl)nc2)s1. The lowest BCUT2D eigenvalue weighted by Crippen LogP contribution is -2.57. The van der Waals surface area contributed by atoms with Crippen LogP contribution in [0.15, 0.2) is 39.6 Å². The molecule has 0 unspecified atom stereocenters. The van der Waals surface area contributed by atoms with E-state index in [0.717, 1.165) is 20.5 Å². The number of hydrogen-bond acceptors (Lipinski definition) is 5. The Morgan fingerprint density at radius 3 is 2.79 bits per heavy atom. The summed E-state index contributed by atoms with van der Waals surface area (Å²) in [7, 11) is 0. The fourth-order valence-electron chi connectivity index (χ4n) is 3.40. The highest BCUT2D eigenvalue weighted by atomic mass is 35.5. The van der Waals surface area contributed by atoms with Crippen molar-refractivity contribution in [1.29, 1.82) is 0 Å². The lowest BCUT2D eigenvalue weighted by molar-refractivity contribution is 0.0622. The smallest absolute Gasteiger partial charge is 0.261 e. The highest BCUT2D eigenvalue weighted by Crippen LogP contribution is 2.34. The second kappa shape index (κ2) is 7.04. The van der Waals surface area contributed by atoms with E-state index in [4.69, 9.17) is 11.6 Å². The maximum absolute atomic E-state index is 12.5. The zero-order chi connectivity index (χ0) is 16.5. The number of carbonyl (C=O) groups is 1. The summed E-state index contributed by atoms with van der Waals surface area (Å²) in [5.41, 5.74) is 0. The van der Waals surface area contributed by atoms with Crippen LogP contribution in [-0.4, -0.2) is 41.5 Å². The number of piperidine rings is 3. The van der Waals surface area contributed by atoms with Crippen LogP contribution in [0.1, 0.15) is 22.5 Å². The van der Waals surface area contributed by atoms with Gasteiger partial charge in [-0.1, -0.05) is 23.4 Å². The van der Waals surface area contributed by atoms with Gasteiger partial charge in [0.05, 0.1) is 9.09 Å². The molecule has 0 spiro atoms. The lowest BCUT2D eigenvalue weighted by atomic mass is 9.84. The van der Waals surface area contributed by atoms with E-state index in [-0.39, 0.29) is 5.91 Å². The number of carbonyl (C=O) groups excluding carboxylic acids is 1. The third kappa shape index (κ3) is 3.61. The van der Waals surface area contributed by atoms with Gasteiger partial charge in [0.2, 0.25) is 0 Å². The Balaban J connectivity index is 1.39. The zero-order valence-electron chi connectivity index (χ0n) is 13.1. The molecule has 2 aromatic heterocycles. The summed E-state index contributed by atoms with van der Waals surface area (Å²) in [6, 6.07) is 7.92. The standard InChI is InChI=1S/C17H18ClN3OS2/c18-15-3-1-12(9-19-15)23-16-4-2-14(24-16)17(22)20-13-10-21-7-5-11(13)6-8-21/h1-4,9,11,13H,5-8,10H2,(H,20,22)/t13-/m0/s1. The van der Waals surface area contributed by atoms with Crippen molar-refractivity contribution in [1.82, 2.24) is 15.2 Å². The van der Waals surface area contributed by atoms with Crippen molar-refractivity contribution in [3.8, 4) is 0 Å². The van der Waals surface area contributed by atoms with Crippen LogP contribution in [-0.2, 0) is 0 Å². The molecule has 5 heterocycles. The Labute approximate surface area is 154 Å². The third-order valence-electron chi connectivity index (χ3n) is 4.70.